The number of hydrogen-bond donors (Lipinski definition) is 2. The van der Waals surface area contributed by atoms with Gasteiger partial charge in [0.05, 0.1) is 37.2 Å². The van der Waals surface area contributed by atoms with E-state index in [2.05, 4.69) is 15.6 Å². The molecule has 2 bridgehead atoms. The summed E-state index contributed by atoms with van der Waals surface area (Å²) in [5.41, 5.74) is 1.44. The van der Waals surface area contributed by atoms with E-state index in [4.69, 9.17) is 4.74 Å². The first-order valence-corrected chi connectivity index (χ1v) is 12.8. The minimum atomic E-state index is -0.379. The van der Waals surface area contributed by atoms with E-state index in [-0.39, 0.29) is 43.2 Å². The maximum atomic E-state index is 13.2. The number of anilines is 1. The number of urea groups is 1. The summed E-state index contributed by atoms with van der Waals surface area (Å²) in [6, 6.07) is 13.1. The van der Waals surface area contributed by atoms with Crippen molar-refractivity contribution < 1.29 is 19.4 Å². The molecule has 0 saturated heterocycles. The summed E-state index contributed by atoms with van der Waals surface area (Å²) in [6.07, 6.45) is 2.43. The average molecular weight is 509 g/mol. The Balaban J connectivity index is 1.51. The highest BCUT2D eigenvalue weighted by Gasteiger charge is 2.29. The highest BCUT2D eigenvalue weighted by Crippen LogP contribution is 2.24. The first-order chi connectivity index (χ1) is 17.9. The highest BCUT2D eigenvalue weighted by atomic mass is 16.5. The normalized spacial score (nSPS) is 20.0. The molecule has 0 spiro atoms. The van der Waals surface area contributed by atoms with E-state index in [1.807, 2.05) is 62.5 Å². The lowest BCUT2D eigenvalue weighted by Crippen LogP contribution is -2.48. The number of ether oxygens (including phenoxy) is 1. The predicted molar refractivity (Wildman–Crippen MR) is 141 cm³/mol. The van der Waals surface area contributed by atoms with Gasteiger partial charge < -0.3 is 25.0 Å². The molecule has 0 unspecified atom stereocenters. The van der Waals surface area contributed by atoms with E-state index >= 15 is 0 Å². The lowest BCUT2D eigenvalue weighted by atomic mass is 10.0. The number of benzene rings is 2. The van der Waals surface area contributed by atoms with Gasteiger partial charge in [0.25, 0.3) is 0 Å². The average Bonchev–Trinajstić information content (AvgIpc) is 3.36. The summed E-state index contributed by atoms with van der Waals surface area (Å²) in [5.74, 6) is -0.129. The fourth-order valence-corrected chi connectivity index (χ4v) is 4.59. The Morgan fingerprint density at radius 2 is 2.05 bits per heavy atom. The van der Waals surface area contributed by atoms with Crippen LogP contribution in [0.2, 0.25) is 0 Å². The van der Waals surface area contributed by atoms with Crippen molar-refractivity contribution in [2.45, 2.75) is 52.0 Å². The molecule has 3 atom stereocenters. The molecule has 0 fully saturated rings. The van der Waals surface area contributed by atoms with Crippen LogP contribution in [0.15, 0.2) is 48.7 Å². The number of carbonyl (C=O) groups is 2. The standard InChI is InChI=1S/C27H36N6O4/c1-19-14-33(20(2)17-34)26(35)12-7-13-32-15-22(29-30-32)18-37-25(19)16-31(3)27(36)28-24-11-6-9-21-8-4-5-10-23(21)24/h4-6,8-11,15,19-20,25,34H,7,12-14,16-18H2,1-3H3,(H,28,36)/t19-,20+,25+/m0/s1. The molecule has 10 heteroatoms. The number of hydrogen-bond acceptors (Lipinski definition) is 6. The second kappa shape index (κ2) is 12.2. The topological polar surface area (TPSA) is 113 Å². The lowest BCUT2D eigenvalue weighted by molar-refractivity contribution is -0.136. The van der Waals surface area contributed by atoms with Crippen LogP contribution >= 0.6 is 0 Å². The minimum absolute atomic E-state index is 0.0196. The smallest absolute Gasteiger partial charge is 0.321 e. The summed E-state index contributed by atoms with van der Waals surface area (Å²) in [7, 11) is 1.73. The van der Waals surface area contributed by atoms with Crippen LogP contribution in [0.1, 0.15) is 32.4 Å². The van der Waals surface area contributed by atoms with Gasteiger partial charge in [-0.05, 0) is 24.8 Å². The summed E-state index contributed by atoms with van der Waals surface area (Å²) < 4.78 is 7.98. The van der Waals surface area contributed by atoms with Gasteiger partial charge in [0.15, 0.2) is 0 Å². The zero-order valence-corrected chi connectivity index (χ0v) is 21.7. The van der Waals surface area contributed by atoms with Gasteiger partial charge in [0.2, 0.25) is 5.91 Å². The van der Waals surface area contributed by atoms with Crippen LogP contribution in [0.5, 0.6) is 0 Å². The minimum Gasteiger partial charge on any atom is -0.394 e. The number of likely N-dealkylation sites (N-methyl/N-ethyl adjacent to an activating group) is 1. The summed E-state index contributed by atoms with van der Waals surface area (Å²) in [6.45, 7) is 5.26. The number of aryl methyl sites for hydroxylation is 1. The van der Waals surface area contributed by atoms with Crippen LogP contribution < -0.4 is 5.32 Å². The first kappa shape index (κ1) is 26.6. The van der Waals surface area contributed by atoms with E-state index in [0.29, 0.717) is 38.2 Å². The van der Waals surface area contributed by atoms with Gasteiger partial charge in [0, 0.05) is 44.4 Å². The van der Waals surface area contributed by atoms with Crippen LogP contribution in [0.4, 0.5) is 10.5 Å². The van der Waals surface area contributed by atoms with Crippen LogP contribution in [-0.4, -0.2) is 80.7 Å². The van der Waals surface area contributed by atoms with E-state index in [1.165, 1.54) is 0 Å². The van der Waals surface area contributed by atoms with Crippen molar-refractivity contribution in [2.75, 3.05) is 32.1 Å². The molecule has 2 aromatic carbocycles. The number of fused-ring (bicyclic) bond motifs is 3. The Kier molecular flexibility index (Phi) is 8.73. The van der Waals surface area contributed by atoms with Crippen molar-refractivity contribution in [3.8, 4) is 0 Å². The Hall–Kier alpha value is -3.50. The molecule has 10 nitrogen and oxygen atoms in total. The van der Waals surface area contributed by atoms with Gasteiger partial charge in [-0.1, -0.05) is 48.5 Å². The van der Waals surface area contributed by atoms with Gasteiger partial charge in [-0.3, -0.25) is 9.48 Å². The number of carbonyl (C=O) groups excluding carboxylic acids is 2. The third kappa shape index (κ3) is 6.64. The molecule has 4 rings (SSSR count). The molecule has 37 heavy (non-hydrogen) atoms. The summed E-state index contributed by atoms with van der Waals surface area (Å²) in [5, 5.41) is 23.1. The molecule has 3 amide bonds. The molecule has 2 N–H and O–H groups in total. The van der Waals surface area contributed by atoms with E-state index < -0.39 is 0 Å². The van der Waals surface area contributed by atoms with Crippen molar-refractivity contribution in [3.63, 3.8) is 0 Å². The van der Waals surface area contributed by atoms with Crippen molar-refractivity contribution in [1.29, 1.82) is 0 Å². The number of rotatable bonds is 5. The number of nitrogens with zero attached hydrogens (tertiary/aromatic N) is 5. The zero-order valence-electron chi connectivity index (χ0n) is 21.7. The van der Waals surface area contributed by atoms with E-state index in [9.17, 15) is 14.7 Å². The Morgan fingerprint density at radius 1 is 1.27 bits per heavy atom. The second-order valence-electron chi connectivity index (χ2n) is 9.82. The SMILES string of the molecule is C[C@H](CO)N1C[C@H](C)[C@@H](CN(C)C(=O)Nc2cccc3ccccc23)OCc2cn(nn2)CCCC1=O. The summed E-state index contributed by atoms with van der Waals surface area (Å²) in [4.78, 5) is 29.5. The van der Waals surface area contributed by atoms with Crippen LogP contribution in [0.3, 0.4) is 0 Å². The summed E-state index contributed by atoms with van der Waals surface area (Å²) >= 11 is 0. The molecule has 0 radical (unpaired) electrons. The molecule has 1 aromatic heterocycles. The van der Waals surface area contributed by atoms with Gasteiger partial charge in [-0.2, -0.15) is 0 Å². The van der Waals surface area contributed by atoms with Gasteiger partial charge in [-0.25, -0.2) is 4.79 Å². The van der Waals surface area contributed by atoms with Gasteiger partial charge in [-0.15, -0.1) is 5.10 Å². The Morgan fingerprint density at radius 3 is 2.86 bits per heavy atom. The monoisotopic (exact) mass is 508 g/mol. The number of aromatic nitrogens is 3. The molecule has 0 aliphatic carbocycles. The molecule has 3 aromatic rings. The molecule has 1 aliphatic heterocycles. The fraction of sp³-hybridized carbons (Fsp3) is 0.481. The largest absolute Gasteiger partial charge is 0.394 e. The number of aliphatic hydroxyl groups is 1. The van der Waals surface area contributed by atoms with Gasteiger partial charge in [0.1, 0.15) is 5.69 Å². The van der Waals surface area contributed by atoms with Crippen LogP contribution in [0, 0.1) is 5.92 Å². The fourth-order valence-electron chi connectivity index (χ4n) is 4.59. The molecule has 2 heterocycles. The maximum Gasteiger partial charge on any atom is 0.321 e. The number of aliphatic hydroxyl groups excluding tert-OH is 1. The van der Waals surface area contributed by atoms with Crippen LogP contribution in [-0.2, 0) is 22.7 Å². The molecule has 198 valence electrons. The van der Waals surface area contributed by atoms with Crippen molar-refractivity contribution in [1.82, 2.24) is 24.8 Å². The van der Waals surface area contributed by atoms with Crippen molar-refractivity contribution >= 4 is 28.4 Å². The number of nitrogens with one attached hydrogen (secondary N) is 1. The van der Waals surface area contributed by atoms with E-state index in [0.717, 1.165) is 16.5 Å². The third-order valence-corrected chi connectivity index (χ3v) is 6.88. The highest BCUT2D eigenvalue weighted by molar-refractivity contribution is 6.01. The zero-order chi connectivity index (χ0) is 26.4. The molecular formula is C27H36N6O4. The van der Waals surface area contributed by atoms with Crippen molar-refractivity contribution in [3.05, 3.63) is 54.4 Å². The lowest BCUT2D eigenvalue weighted by Gasteiger charge is -2.35. The maximum absolute atomic E-state index is 13.2. The predicted octanol–water partition coefficient (Wildman–Crippen LogP) is 3.12. The molecular weight excluding hydrogens is 472 g/mol. The van der Waals surface area contributed by atoms with Gasteiger partial charge >= 0.3 is 6.03 Å². The first-order valence-electron chi connectivity index (χ1n) is 12.8. The third-order valence-electron chi connectivity index (χ3n) is 6.88. The Labute approximate surface area is 217 Å². The number of amides is 3. The van der Waals surface area contributed by atoms with Crippen LogP contribution in [0.25, 0.3) is 10.8 Å². The molecule has 0 saturated carbocycles. The second-order valence-corrected chi connectivity index (χ2v) is 9.82. The quantitative estimate of drug-likeness (QED) is 0.548. The van der Waals surface area contributed by atoms with E-state index in [1.54, 1.807) is 21.5 Å². The Bertz CT molecular complexity index is 1210. The van der Waals surface area contributed by atoms with Crippen molar-refractivity contribution in [2.24, 2.45) is 5.92 Å². The molecule has 1 aliphatic rings.